The summed E-state index contributed by atoms with van der Waals surface area (Å²) in [6.45, 7) is 0.797. The molecule has 19 heavy (non-hydrogen) atoms. The van der Waals surface area contributed by atoms with Crippen molar-refractivity contribution in [2.75, 3.05) is 18.9 Å². The van der Waals surface area contributed by atoms with Crippen molar-refractivity contribution in [1.82, 2.24) is 4.72 Å². The first-order valence-corrected chi connectivity index (χ1v) is 7.02. The van der Waals surface area contributed by atoms with E-state index < -0.39 is 20.6 Å². The summed E-state index contributed by atoms with van der Waals surface area (Å²) in [5.41, 5.74) is 4.92. The highest BCUT2D eigenvalue weighted by Gasteiger charge is 2.25. The van der Waals surface area contributed by atoms with Gasteiger partial charge in [-0.1, -0.05) is 0 Å². The van der Waals surface area contributed by atoms with Crippen molar-refractivity contribution >= 4 is 21.4 Å². The Hall–Kier alpha value is -1.71. The Kier molecular flexibility index (Phi) is 3.69. The van der Waals surface area contributed by atoms with Gasteiger partial charge >= 0.3 is 0 Å². The van der Waals surface area contributed by atoms with Crippen molar-refractivity contribution in [1.29, 1.82) is 0 Å². The van der Waals surface area contributed by atoms with Crippen LogP contribution in [0.1, 0.15) is 6.42 Å². The van der Waals surface area contributed by atoms with Crippen LogP contribution >= 0.6 is 0 Å². The molecule has 104 valence electrons. The maximum absolute atomic E-state index is 12.0. The second-order valence-electron chi connectivity index (χ2n) is 4.16. The van der Waals surface area contributed by atoms with Crippen molar-refractivity contribution < 1.29 is 18.1 Å². The summed E-state index contributed by atoms with van der Waals surface area (Å²) < 4.78 is 31.6. The molecule has 0 aromatic heterocycles. The number of nitrogen functional groups attached to an aromatic ring is 1. The molecule has 0 radical (unpaired) electrons. The third kappa shape index (κ3) is 3.00. The van der Waals surface area contributed by atoms with E-state index in [2.05, 4.69) is 4.72 Å². The molecule has 0 saturated carbocycles. The highest BCUT2D eigenvalue weighted by Crippen LogP contribution is 2.25. The number of nitro groups is 1. The van der Waals surface area contributed by atoms with Crippen LogP contribution in [-0.4, -0.2) is 32.6 Å². The quantitative estimate of drug-likeness (QED) is 0.464. The van der Waals surface area contributed by atoms with Crippen LogP contribution in [0.2, 0.25) is 0 Å². The van der Waals surface area contributed by atoms with E-state index in [1.54, 1.807) is 0 Å². The Labute approximate surface area is 109 Å². The molecule has 3 N–H and O–H groups in total. The van der Waals surface area contributed by atoms with Gasteiger partial charge in [0, 0.05) is 18.7 Å². The molecule has 1 atom stereocenters. The van der Waals surface area contributed by atoms with Gasteiger partial charge in [0.1, 0.15) is 5.69 Å². The number of nitrogens with one attached hydrogen (secondary N) is 1. The smallest absolute Gasteiger partial charge is 0.293 e. The van der Waals surface area contributed by atoms with Gasteiger partial charge in [-0.25, -0.2) is 13.1 Å². The summed E-state index contributed by atoms with van der Waals surface area (Å²) in [7, 11) is -3.81. The number of nitro benzene ring substituents is 1. The van der Waals surface area contributed by atoms with Crippen molar-refractivity contribution in [3.05, 3.63) is 28.3 Å². The molecule has 0 aliphatic carbocycles. The Bertz CT molecular complexity index is 595. The first-order valence-electron chi connectivity index (χ1n) is 5.54. The summed E-state index contributed by atoms with van der Waals surface area (Å²) in [4.78, 5) is 9.84. The zero-order valence-electron chi connectivity index (χ0n) is 9.90. The summed E-state index contributed by atoms with van der Waals surface area (Å²) in [5, 5.41) is 10.7. The molecule has 1 aliphatic heterocycles. The minimum Gasteiger partial charge on any atom is -0.393 e. The Balaban J connectivity index is 2.29. The summed E-state index contributed by atoms with van der Waals surface area (Å²) >= 11 is 0. The van der Waals surface area contributed by atoms with E-state index in [0.29, 0.717) is 19.6 Å². The highest BCUT2D eigenvalue weighted by atomic mass is 32.2. The van der Waals surface area contributed by atoms with E-state index in [4.69, 9.17) is 10.5 Å². The average Bonchev–Trinajstić information content (AvgIpc) is 2.80. The van der Waals surface area contributed by atoms with E-state index in [1.165, 1.54) is 12.1 Å². The number of hydrogen-bond donors (Lipinski definition) is 2. The van der Waals surface area contributed by atoms with Crippen LogP contribution < -0.4 is 10.5 Å². The first kappa shape index (κ1) is 13.7. The fraction of sp³-hybridized carbons (Fsp3) is 0.400. The number of ether oxygens (including phenoxy) is 1. The van der Waals surface area contributed by atoms with Crippen LogP contribution in [0.4, 0.5) is 11.4 Å². The van der Waals surface area contributed by atoms with Gasteiger partial charge in [-0.15, -0.1) is 0 Å². The summed E-state index contributed by atoms with van der Waals surface area (Å²) in [6.07, 6.45) is 0.580. The van der Waals surface area contributed by atoms with Gasteiger partial charge in [-0.3, -0.25) is 10.1 Å². The fourth-order valence-electron chi connectivity index (χ4n) is 1.76. The number of benzene rings is 1. The maximum Gasteiger partial charge on any atom is 0.293 e. The Morgan fingerprint density at radius 3 is 2.79 bits per heavy atom. The maximum atomic E-state index is 12.0. The minimum atomic E-state index is -3.81. The molecule has 9 heteroatoms. The molecule has 1 aromatic carbocycles. The van der Waals surface area contributed by atoms with Gasteiger partial charge in [-0.2, -0.15) is 0 Å². The van der Waals surface area contributed by atoms with Gasteiger partial charge in [0.2, 0.25) is 10.0 Å². The SMILES string of the molecule is Nc1ccc(S(=O)(=O)NC2CCOC2)cc1[N+](=O)[O-]. The molecule has 0 spiro atoms. The third-order valence-electron chi connectivity index (χ3n) is 2.76. The molecule has 1 saturated heterocycles. The van der Waals surface area contributed by atoms with Crippen LogP contribution in [0.25, 0.3) is 0 Å². The molecule has 1 aliphatic rings. The second kappa shape index (κ2) is 5.11. The number of rotatable bonds is 4. The van der Waals surface area contributed by atoms with Crippen LogP contribution in [-0.2, 0) is 14.8 Å². The number of hydrogen-bond acceptors (Lipinski definition) is 6. The van der Waals surface area contributed by atoms with Crippen molar-refractivity contribution in [3.8, 4) is 0 Å². The topological polar surface area (TPSA) is 125 Å². The molecule has 1 unspecified atom stereocenters. The van der Waals surface area contributed by atoms with Crippen LogP contribution in [0.5, 0.6) is 0 Å². The molecule has 2 rings (SSSR count). The Morgan fingerprint density at radius 2 is 2.21 bits per heavy atom. The average molecular weight is 287 g/mol. The predicted octanol–water partition coefficient (Wildman–Crippen LogP) is 0.244. The van der Waals surface area contributed by atoms with Crippen LogP contribution in [0.15, 0.2) is 23.1 Å². The van der Waals surface area contributed by atoms with E-state index in [9.17, 15) is 18.5 Å². The molecule has 1 aromatic rings. The van der Waals surface area contributed by atoms with Gasteiger partial charge in [0.05, 0.1) is 16.4 Å². The minimum absolute atomic E-state index is 0.0758. The molecule has 1 heterocycles. The largest absolute Gasteiger partial charge is 0.393 e. The lowest BCUT2D eigenvalue weighted by atomic mass is 10.3. The molecular weight excluding hydrogens is 274 g/mol. The van der Waals surface area contributed by atoms with Gasteiger partial charge < -0.3 is 10.5 Å². The van der Waals surface area contributed by atoms with E-state index in [1.807, 2.05) is 0 Å². The number of anilines is 1. The van der Waals surface area contributed by atoms with E-state index in [0.717, 1.165) is 6.07 Å². The van der Waals surface area contributed by atoms with Crippen LogP contribution in [0, 0.1) is 10.1 Å². The van der Waals surface area contributed by atoms with Crippen molar-refractivity contribution in [2.45, 2.75) is 17.4 Å². The first-order chi connectivity index (χ1) is 8.90. The predicted molar refractivity (Wildman–Crippen MR) is 67.1 cm³/mol. The summed E-state index contributed by atoms with van der Waals surface area (Å²) in [6, 6.07) is 3.09. The lowest BCUT2D eigenvalue weighted by Gasteiger charge is -2.11. The lowest BCUT2D eigenvalue weighted by Crippen LogP contribution is -2.35. The monoisotopic (exact) mass is 287 g/mol. The van der Waals surface area contributed by atoms with Crippen molar-refractivity contribution in [2.24, 2.45) is 0 Å². The van der Waals surface area contributed by atoms with Gasteiger partial charge in [0.15, 0.2) is 0 Å². The molecular formula is C10H13N3O5S. The van der Waals surface area contributed by atoms with E-state index >= 15 is 0 Å². The zero-order valence-corrected chi connectivity index (χ0v) is 10.7. The zero-order chi connectivity index (χ0) is 14.0. The van der Waals surface area contributed by atoms with E-state index in [-0.39, 0.29) is 16.6 Å². The van der Waals surface area contributed by atoms with Crippen molar-refractivity contribution in [3.63, 3.8) is 0 Å². The number of nitrogens with two attached hydrogens (primary N) is 1. The number of nitrogens with zero attached hydrogens (tertiary/aromatic N) is 1. The lowest BCUT2D eigenvalue weighted by molar-refractivity contribution is -0.384. The standard InChI is InChI=1S/C10H13N3O5S/c11-9-2-1-8(5-10(9)13(14)15)19(16,17)12-7-3-4-18-6-7/h1-2,5,7,12H,3-4,6,11H2. The molecule has 1 fully saturated rings. The molecule has 0 amide bonds. The summed E-state index contributed by atoms with van der Waals surface area (Å²) in [5.74, 6) is 0. The third-order valence-corrected chi connectivity index (χ3v) is 4.28. The Morgan fingerprint density at radius 1 is 1.47 bits per heavy atom. The highest BCUT2D eigenvalue weighted by molar-refractivity contribution is 7.89. The van der Waals surface area contributed by atoms with Gasteiger partial charge in [-0.05, 0) is 18.6 Å². The second-order valence-corrected chi connectivity index (χ2v) is 5.87. The number of sulfonamides is 1. The van der Waals surface area contributed by atoms with Crippen LogP contribution in [0.3, 0.4) is 0 Å². The molecule has 8 nitrogen and oxygen atoms in total. The fourth-order valence-corrected chi connectivity index (χ4v) is 3.04. The van der Waals surface area contributed by atoms with Gasteiger partial charge in [0.25, 0.3) is 5.69 Å². The molecule has 0 bridgehead atoms. The normalized spacial score (nSPS) is 19.5.